The van der Waals surface area contributed by atoms with E-state index in [-0.39, 0.29) is 11.3 Å². The van der Waals surface area contributed by atoms with E-state index in [1.54, 1.807) is 0 Å². The second-order valence-corrected chi connectivity index (χ2v) is 7.64. The summed E-state index contributed by atoms with van der Waals surface area (Å²) < 4.78 is 0. The average Bonchev–Trinajstić information content (AvgIpc) is 3.13. The van der Waals surface area contributed by atoms with Gasteiger partial charge in [-0.2, -0.15) is 0 Å². The molecule has 27 heavy (non-hydrogen) atoms. The summed E-state index contributed by atoms with van der Waals surface area (Å²) in [6, 6.07) is 15.7. The molecular weight excluding hydrogens is 336 g/mol. The van der Waals surface area contributed by atoms with E-state index in [9.17, 15) is 4.79 Å². The lowest BCUT2D eigenvalue weighted by Gasteiger charge is -2.35. The van der Waals surface area contributed by atoms with Gasteiger partial charge >= 0.3 is 0 Å². The third kappa shape index (κ3) is 3.74. The molecule has 3 aromatic rings. The SMILES string of the molecule is NCC1(CC(=O)Nc2ccccc2-c2nc3ccccc3[nH]2)CCCCC1. The molecular formula is C22H26N4O. The number of amides is 1. The van der Waals surface area contributed by atoms with Gasteiger partial charge in [-0.1, -0.05) is 43.5 Å². The smallest absolute Gasteiger partial charge is 0.224 e. The minimum Gasteiger partial charge on any atom is -0.338 e. The van der Waals surface area contributed by atoms with Gasteiger partial charge in [0.15, 0.2) is 0 Å². The molecule has 1 amide bonds. The van der Waals surface area contributed by atoms with Crippen LogP contribution in [0.25, 0.3) is 22.4 Å². The molecule has 1 fully saturated rings. The number of nitrogens with zero attached hydrogens (tertiary/aromatic N) is 1. The standard InChI is InChI=1S/C22H26N4O/c23-15-22(12-6-1-7-13-22)14-20(27)24-17-9-3-2-8-16(17)21-25-18-10-4-5-11-19(18)26-21/h2-5,8-11H,1,6-7,12-15,23H2,(H,24,27)(H,25,26). The van der Waals surface area contributed by atoms with Gasteiger partial charge in [0.25, 0.3) is 0 Å². The quantitative estimate of drug-likeness (QED) is 0.626. The molecule has 0 atom stereocenters. The number of anilines is 1. The van der Waals surface area contributed by atoms with Gasteiger partial charge in [0.05, 0.1) is 16.7 Å². The largest absolute Gasteiger partial charge is 0.338 e. The highest BCUT2D eigenvalue weighted by atomic mass is 16.1. The first-order chi connectivity index (χ1) is 13.2. The van der Waals surface area contributed by atoms with Crippen LogP contribution in [0, 0.1) is 5.41 Å². The molecule has 2 aromatic carbocycles. The van der Waals surface area contributed by atoms with Crippen molar-refractivity contribution in [2.24, 2.45) is 11.1 Å². The number of H-pyrrole nitrogens is 1. The third-order valence-corrected chi connectivity index (χ3v) is 5.73. The predicted molar refractivity (Wildman–Crippen MR) is 109 cm³/mol. The van der Waals surface area contributed by atoms with Crippen molar-refractivity contribution < 1.29 is 4.79 Å². The van der Waals surface area contributed by atoms with E-state index in [1.807, 2.05) is 48.5 Å². The number of imidazole rings is 1. The van der Waals surface area contributed by atoms with Crippen molar-refractivity contribution in [2.75, 3.05) is 11.9 Å². The summed E-state index contributed by atoms with van der Waals surface area (Å²) in [5.41, 5.74) is 9.58. The van der Waals surface area contributed by atoms with E-state index in [1.165, 1.54) is 19.3 Å². The zero-order chi connectivity index (χ0) is 18.7. The Labute approximate surface area is 159 Å². The molecule has 1 aromatic heterocycles. The highest BCUT2D eigenvalue weighted by Gasteiger charge is 2.33. The van der Waals surface area contributed by atoms with Gasteiger partial charge in [-0.3, -0.25) is 4.79 Å². The van der Waals surface area contributed by atoms with Crippen LogP contribution in [0.1, 0.15) is 38.5 Å². The number of benzene rings is 2. The van der Waals surface area contributed by atoms with E-state index in [2.05, 4.69) is 15.3 Å². The van der Waals surface area contributed by atoms with Gasteiger partial charge in [0, 0.05) is 12.0 Å². The Kier molecular flexibility index (Phi) is 4.94. The number of rotatable bonds is 5. The first kappa shape index (κ1) is 17.7. The zero-order valence-corrected chi connectivity index (χ0v) is 15.5. The van der Waals surface area contributed by atoms with Crippen LogP contribution < -0.4 is 11.1 Å². The van der Waals surface area contributed by atoms with Crippen molar-refractivity contribution >= 4 is 22.6 Å². The van der Waals surface area contributed by atoms with Crippen LogP contribution in [0.5, 0.6) is 0 Å². The highest BCUT2D eigenvalue weighted by molar-refractivity contribution is 5.95. The lowest BCUT2D eigenvalue weighted by atomic mass is 9.71. The predicted octanol–water partition coefficient (Wildman–Crippen LogP) is 4.47. The number of aromatic nitrogens is 2. The summed E-state index contributed by atoms with van der Waals surface area (Å²) in [6.45, 7) is 0.575. The van der Waals surface area contributed by atoms with Crippen LogP contribution in [0.3, 0.4) is 0 Å². The Morgan fingerprint density at radius 2 is 1.81 bits per heavy atom. The van der Waals surface area contributed by atoms with Crippen molar-refractivity contribution in [3.63, 3.8) is 0 Å². The molecule has 0 spiro atoms. The molecule has 0 radical (unpaired) electrons. The maximum Gasteiger partial charge on any atom is 0.224 e. The van der Waals surface area contributed by atoms with Gasteiger partial charge in [-0.05, 0) is 49.1 Å². The number of carbonyl (C=O) groups is 1. The number of nitrogens with two attached hydrogens (primary N) is 1. The van der Waals surface area contributed by atoms with Gasteiger partial charge in [0.2, 0.25) is 5.91 Å². The summed E-state index contributed by atoms with van der Waals surface area (Å²) in [4.78, 5) is 20.8. The molecule has 0 unspecified atom stereocenters. The van der Waals surface area contributed by atoms with E-state index in [0.717, 1.165) is 41.0 Å². The molecule has 0 saturated heterocycles. The number of hydrogen-bond donors (Lipinski definition) is 3. The van der Waals surface area contributed by atoms with Crippen LogP contribution in [0.4, 0.5) is 5.69 Å². The zero-order valence-electron chi connectivity index (χ0n) is 15.5. The van der Waals surface area contributed by atoms with E-state index < -0.39 is 0 Å². The summed E-state index contributed by atoms with van der Waals surface area (Å²) in [6.07, 6.45) is 6.15. The minimum absolute atomic E-state index is 0.0333. The number of hydrogen-bond acceptors (Lipinski definition) is 3. The van der Waals surface area contributed by atoms with E-state index in [4.69, 9.17) is 5.73 Å². The first-order valence-electron chi connectivity index (χ1n) is 9.73. The summed E-state index contributed by atoms with van der Waals surface area (Å²) >= 11 is 0. The second-order valence-electron chi connectivity index (χ2n) is 7.64. The Morgan fingerprint density at radius 3 is 2.59 bits per heavy atom. The molecule has 1 aliphatic carbocycles. The molecule has 4 rings (SSSR count). The number of nitrogens with one attached hydrogen (secondary N) is 2. The molecule has 140 valence electrons. The Hall–Kier alpha value is -2.66. The van der Waals surface area contributed by atoms with Crippen molar-refractivity contribution in [3.8, 4) is 11.4 Å². The first-order valence-corrected chi connectivity index (χ1v) is 9.73. The molecule has 0 bridgehead atoms. The molecule has 4 N–H and O–H groups in total. The maximum atomic E-state index is 12.8. The summed E-state index contributed by atoms with van der Waals surface area (Å²) in [7, 11) is 0. The van der Waals surface area contributed by atoms with Crippen molar-refractivity contribution in [2.45, 2.75) is 38.5 Å². The van der Waals surface area contributed by atoms with Crippen LogP contribution in [0.15, 0.2) is 48.5 Å². The van der Waals surface area contributed by atoms with Crippen molar-refractivity contribution in [1.82, 2.24) is 9.97 Å². The Balaban J connectivity index is 1.57. The van der Waals surface area contributed by atoms with Crippen LogP contribution >= 0.6 is 0 Å². The average molecular weight is 362 g/mol. The molecule has 1 heterocycles. The van der Waals surface area contributed by atoms with Gasteiger partial charge in [-0.15, -0.1) is 0 Å². The van der Waals surface area contributed by atoms with Gasteiger partial charge in [0.1, 0.15) is 5.82 Å². The molecule has 5 nitrogen and oxygen atoms in total. The fraction of sp³-hybridized carbons (Fsp3) is 0.364. The van der Waals surface area contributed by atoms with Gasteiger partial charge in [-0.25, -0.2) is 4.98 Å². The number of fused-ring (bicyclic) bond motifs is 1. The Bertz CT molecular complexity index is 907. The normalized spacial score (nSPS) is 16.3. The van der Waals surface area contributed by atoms with Crippen molar-refractivity contribution in [3.05, 3.63) is 48.5 Å². The third-order valence-electron chi connectivity index (χ3n) is 5.73. The number of carbonyl (C=O) groups excluding carboxylic acids is 1. The van der Waals surface area contributed by atoms with Crippen molar-refractivity contribution in [1.29, 1.82) is 0 Å². The Morgan fingerprint density at radius 1 is 1.07 bits per heavy atom. The molecule has 1 saturated carbocycles. The van der Waals surface area contributed by atoms with Gasteiger partial charge < -0.3 is 16.0 Å². The highest BCUT2D eigenvalue weighted by Crippen LogP contribution is 2.39. The maximum absolute atomic E-state index is 12.8. The fourth-order valence-corrected chi connectivity index (χ4v) is 4.17. The molecule has 1 aliphatic rings. The van der Waals surface area contributed by atoms with Crippen LogP contribution in [0.2, 0.25) is 0 Å². The number of aromatic amines is 1. The van der Waals surface area contributed by atoms with E-state index in [0.29, 0.717) is 13.0 Å². The number of para-hydroxylation sites is 3. The van der Waals surface area contributed by atoms with E-state index >= 15 is 0 Å². The lowest BCUT2D eigenvalue weighted by molar-refractivity contribution is -0.118. The molecule has 5 heteroatoms. The van der Waals surface area contributed by atoms with Crippen LogP contribution in [-0.4, -0.2) is 22.4 Å². The second kappa shape index (κ2) is 7.53. The fourth-order valence-electron chi connectivity index (χ4n) is 4.17. The summed E-state index contributed by atoms with van der Waals surface area (Å²) in [5, 5.41) is 3.11. The van der Waals surface area contributed by atoms with Crippen LogP contribution in [-0.2, 0) is 4.79 Å². The monoisotopic (exact) mass is 362 g/mol. The summed E-state index contributed by atoms with van der Waals surface area (Å²) in [5.74, 6) is 0.796. The molecule has 0 aliphatic heterocycles. The minimum atomic E-state index is -0.0450. The topological polar surface area (TPSA) is 83.8 Å². The lowest BCUT2D eigenvalue weighted by Crippen LogP contribution is -2.36.